The summed E-state index contributed by atoms with van der Waals surface area (Å²) < 4.78 is 2.01. The molecular weight excluding hydrogens is 406 g/mol. The van der Waals surface area contributed by atoms with Gasteiger partial charge in [-0.3, -0.25) is 18.7 Å². The number of hydrogen-bond donors (Lipinski definition) is 2. The van der Waals surface area contributed by atoms with Gasteiger partial charge in [0.25, 0.3) is 5.56 Å². The van der Waals surface area contributed by atoms with Crippen LogP contribution in [0.4, 0.5) is 5.69 Å². The van der Waals surface area contributed by atoms with E-state index in [1.807, 2.05) is 0 Å². The van der Waals surface area contributed by atoms with Crippen LogP contribution in [0.1, 0.15) is 51.0 Å². The van der Waals surface area contributed by atoms with E-state index in [-0.39, 0.29) is 35.5 Å². The normalized spacial score (nSPS) is 10.4. The maximum atomic E-state index is 12.4. The summed E-state index contributed by atoms with van der Waals surface area (Å²) in [6, 6.07) is 6.38. The van der Waals surface area contributed by atoms with Gasteiger partial charge in [-0.15, -0.1) is 0 Å². The Hall–Kier alpha value is -2.98. The SMILES string of the molecule is CCCCCCCC(=O)Nc1c(Cl)n(CC#Cc2cccc(O)c2)c(=O)n(C)c1=O. The molecular formula is C22H26ClN3O4. The van der Waals surface area contributed by atoms with Crippen LogP contribution in [-0.4, -0.2) is 20.1 Å². The molecule has 0 atom stereocenters. The molecule has 30 heavy (non-hydrogen) atoms. The van der Waals surface area contributed by atoms with Crippen LogP contribution in [0.2, 0.25) is 5.15 Å². The summed E-state index contributed by atoms with van der Waals surface area (Å²) >= 11 is 6.27. The Kier molecular flexibility index (Phi) is 8.75. The van der Waals surface area contributed by atoms with Crippen LogP contribution < -0.4 is 16.6 Å². The summed E-state index contributed by atoms with van der Waals surface area (Å²) in [7, 11) is 1.32. The number of amides is 1. The summed E-state index contributed by atoms with van der Waals surface area (Å²) in [6.45, 7) is 2.04. The van der Waals surface area contributed by atoms with Gasteiger partial charge in [0.05, 0.1) is 6.54 Å². The predicted octanol–water partition coefficient (Wildman–Crippen LogP) is 3.26. The molecule has 0 spiro atoms. The summed E-state index contributed by atoms with van der Waals surface area (Å²) in [5.74, 6) is 5.39. The summed E-state index contributed by atoms with van der Waals surface area (Å²) in [5, 5.41) is 11.9. The third-order valence-electron chi connectivity index (χ3n) is 4.57. The number of benzene rings is 1. The molecule has 0 bridgehead atoms. The number of nitrogens with one attached hydrogen (secondary N) is 1. The quantitative estimate of drug-likeness (QED) is 0.381. The monoisotopic (exact) mass is 431 g/mol. The first-order chi connectivity index (χ1) is 14.3. The van der Waals surface area contributed by atoms with E-state index in [4.69, 9.17) is 11.6 Å². The number of carbonyl (C=O) groups excluding carboxylic acids is 1. The van der Waals surface area contributed by atoms with E-state index in [2.05, 4.69) is 24.1 Å². The zero-order valence-corrected chi connectivity index (χ0v) is 18.0. The highest BCUT2D eigenvalue weighted by molar-refractivity contribution is 6.32. The minimum Gasteiger partial charge on any atom is -0.508 e. The predicted molar refractivity (Wildman–Crippen MR) is 118 cm³/mol. The Labute approximate surface area is 180 Å². The second-order valence-electron chi connectivity index (χ2n) is 6.96. The number of carbonyl (C=O) groups is 1. The van der Waals surface area contributed by atoms with E-state index < -0.39 is 11.2 Å². The lowest BCUT2D eigenvalue weighted by molar-refractivity contribution is -0.116. The topological polar surface area (TPSA) is 93.3 Å². The van der Waals surface area contributed by atoms with Crippen molar-refractivity contribution in [2.75, 3.05) is 5.32 Å². The maximum absolute atomic E-state index is 12.4. The number of phenolic OH excluding ortho intramolecular Hbond substituents is 1. The first kappa shape index (κ1) is 23.3. The molecule has 1 aromatic heterocycles. The minimum atomic E-state index is -0.665. The van der Waals surface area contributed by atoms with E-state index in [0.717, 1.165) is 41.2 Å². The third kappa shape index (κ3) is 6.26. The Balaban J connectivity index is 2.19. The first-order valence-corrected chi connectivity index (χ1v) is 10.3. The van der Waals surface area contributed by atoms with Crippen LogP contribution in [0.5, 0.6) is 5.75 Å². The number of hydrogen-bond acceptors (Lipinski definition) is 4. The van der Waals surface area contributed by atoms with Crippen molar-refractivity contribution in [3.8, 4) is 17.6 Å². The zero-order valence-electron chi connectivity index (χ0n) is 17.2. The maximum Gasteiger partial charge on any atom is 0.332 e. The number of nitrogens with zero attached hydrogens (tertiary/aromatic N) is 2. The number of anilines is 1. The molecule has 0 fully saturated rings. The average molecular weight is 432 g/mol. The first-order valence-electron chi connectivity index (χ1n) is 9.92. The van der Waals surface area contributed by atoms with Crippen LogP contribution in [0.3, 0.4) is 0 Å². The van der Waals surface area contributed by atoms with Gasteiger partial charge in [-0.2, -0.15) is 0 Å². The average Bonchev–Trinajstić information content (AvgIpc) is 2.72. The molecule has 160 valence electrons. The van der Waals surface area contributed by atoms with Crippen molar-refractivity contribution in [3.05, 3.63) is 55.8 Å². The minimum absolute atomic E-state index is 0.0820. The van der Waals surface area contributed by atoms with E-state index in [0.29, 0.717) is 5.56 Å². The Morgan fingerprint density at radius 2 is 1.93 bits per heavy atom. The van der Waals surface area contributed by atoms with Crippen molar-refractivity contribution < 1.29 is 9.90 Å². The van der Waals surface area contributed by atoms with Gasteiger partial charge in [0.2, 0.25) is 5.91 Å². The van der Waals surface area contributed by atoms with E-state index in [1.165, 1.54) is 19.2 Å². The zero-order chi connectivity index (χ0) is 22.1. The number of aromatic hydroxyl groups is 1. The second-order valence-corrected chi connectivity index (χ2v) is 7.32. The molecule has 1 amide bonds. The van der Waals surface area contributed by atoms with Gasteiger partial charge in [-0.05, 0) is 24.6 Å². The smallest absolute Gasteiger partial charge is 0.332 e. The molecule has 1 heterocycles. The Morgan fingerprint density at radius 1 is 1.20 bits per heavy atom. The molecule has 2 rings (SSSR count). The van der Waals surface area contributed by atoms with Crippen LogP contribution in [-0.2, 0) is 18.4 Å². The van der Waals surface area contributed by atoms with Crippen molar-refractivity contribution in [1.29, 1.82) is 0 Å². The summed E-state index contributed by atoms with van der Waals surface area (Å²) in [6.07, 6.45) is 5.25. The number of unbranched alkanes of at least 4 members (excludes halogenated alkanes) is 4. The fourth-order valence-corrected chi connectivity index (χ4v) is 3.14. The molecule has 0 radical (unpaired) electrons. The van der Waals surface area contributed by atoms with Crippen LogP contribution >= 0.6 is 11.6 Å². The van der Waals surface area contributed by atoms with Gasteiger partial charge in [0, 0.05) is 19.0 Å². The van der Waals surface area contributed by atoms with Crippen molar-refractivity contribution >= 4 is 23.2 Å². The van der Waals surface area contributed by atoms with Gasteiger partial charge >= 0.3 is 5.69 Å². The van der Waals surface area contributed by atoms with Crippen molar-refractivity contribution in [3.63, 3.8) is 0 Å². The third-order valence-corrected chi connectivity index (χ3v) is 4.96. The summed E-state index contributed by atoms with van der Waals surface area (Å²) in [5.41, 5.74) is -0.855. The van der Waals surface area contributed by atoms with E-state index in [1.54, 1.807) is 12.1 Å². The van der Waals surface area contributed by atoms with Gasteiger partial charge in [0.15, 0.2) is 0 Å². The standard InChI is InChI=1S/C22H26ClN3O4/c1-3-4-5-6-7-13-18(28)24-19-20(23)26(22(30)25(2)21(19)29)14-9-11-16-10-8-12-17(27)15-16/h8,10,12,15,27H,3-7,13-14H2,1-2H3,(H,24,28). The van der Waals surface area contributed by atoms with Crippen LogP contribution in [0.25, 0.3) is 0 Å². The molecule has 8 heteroatoms. The molecule has 0 aliphatic rings. The fraction of sp³-hybridized carbons (Fsp3) is 0.409. The second kappa shape index (κ2) is 11.3. The van der Waals surface area contributed by atoms with Crippen molar-refractivity contribution in [2.45, 2.75) is 52.0 Å². The molecule has 7 nitrogen and oxygen atoms in total. The highest BCUT2D eigenvalue weighted by atomic mass is 35.5. The highest BCUT2D eigenvalue weighted by Crippen LogP contribution is 2.16. The molecule has 0 unspecified atom stereocenters. The Morgan fingerprint density at radius 3 is 2.63 bits per heavy atom. The molecule has 0 aliphatic carbocycles. The van der Waals surface area contributed by atoms with Crippen molar-refractivity contribution in [2.24, 2.45) is 7.05 Å². The number of aromatic nitrogens is 2. The lowest BCUT2D eigenvalue weighted by Gasteiger charge is -2.13. The molecule has 2 aromatic rings. The number of rotatable bonds is 8. The molecule has 0 saturated heterocycles. The van der Waals surface area contributed by atoms with Crippen LogP contribution in [0.15, 0.2) is 33.9 Å². The number of phenols is 1. The van der Waals surface area contributed by atoms with Gasteiger partial charge < -0.3 is 10.4 Å². The molecule has 2 N–H and O–H groups in total. The highest BCUT2D eigenvalue weighted by Gasteiger charge is 2.17. The largest absolute Gasteiger partial charge is 0.508 e. The summed E-state index contributed by atoms with van der Waals surface area (Å²) in [4.78, 5) is 37.1. The molecule has 0 aliphatic heterocycles. The Bertz CT molecular complexity index is 1080. The lowest BCUT2D eigenvalue weighted by atomic mass is 10.1. The number of halogens is 1. The van der Waals surface area contributed by atoms with Gasteiger partial charge in [0.1, 0.15) is 16.6 Å². The fourth-order valence-electron chi connectivity index (χ4n) is 2.88. The van der Waals surface area contributed by atoms with E-state index >= 15 is 0 Å². The molecule has 0 saturated carbocycles. The lowest BCUT2D eigenvalue weighted by Crippen LogP contribution is -2.40. The van der Waals surface area contributed by atoms with Gasteiger partial charge in [-0.25, -0.2) is 4.79 Å². The van der Waals surface area contributed by atoms with Crippen molar-refractivity contribution in [1.82, 2.24) is 9.13 Å². The van der Waals surface area contributed by atoms with Gasteiger partial charge in [-0.1, -0.05) is 62.1 Å². The molecule has 1 aromatic carbocycles. The van der Waals surface area contributed by atoms with E-state index in [9.17, 15) is 19.5 Å². The van der Waals surface area contributed by atoms with Crippen LogP contribution in [0, 0.1) is 11.8 Å².